The summed E-state index contributed by atoms with van der Waals surface area (Å²) in [5, 5.41) is 11.6. The summed E-state index contributed by atoms with van der Waals surface area (Å²) in [6.45, 7) is 3.71. The van der Waals surface area contributed by atoms with Crippen molar-refractivity contribution in [3.8, 4) is 11.8 Å². The van der Waals surface area contributed by atoms with Crippen LogP contribution in [0.1, 0.15) is 44.6 Å². The van der Waals surface area contributed by atoms with Crippen LogP contribution in [0.15, 0.2) is 24.3 Å². The van der Waals surface area contributed by atoms with E-state index >= 15 is 0 Å². The highest BCUT2D eigenvalue weighted by molar-refractivity contribution is 5.80. The summed E-state index contributed by atoms with van der Waals surface area (Å²) in [4.78, 5) is 25.9. The lowest BCUT2D eigenvalue weighted by molar-refractivity contribution is -0.130. The Hall–Kier alpha value is -2.55. The van der Waals surface area contributed by atoms with E-state index in [2.05, 4.69) is 5.32 Å². The molecule has 25 heavy (non-hydrogen) atoms. The maximum absolute atomic E-state index is 12.1. The third-order valence-corrected chi connectivity index (χ3v) is 4.24. The van der Waals surface area contributed by atoms with E-state index in [1.165, 1.54) is 0 Å². The molecule has 6 nitrogen and oxygen atoms in total. The van der Waals surface area contributed by atoms with Crippen molar-refractivity contribution in [3.05, 3.63) is 29.8 Å². The van der Waals surface area contributed by atoms with Crippen molar-refractivity contribution in [2.24, 2.45) is 0 Å². The highest BCUT2D eigenvalue weighted by Gasteiger charge is 2.17. The van der Waals surface area contributed by atoms with Crippen molar-refractivity contribution < 1.29 is 14.3 Å². The lowest BCUT2D eigenvalue weighted by Crippen LogP contribution is -2.38. The smallest absolute Gasteiger partial charge is 0.260 e. The minimum Gasteiger partial charge on any atom is -0.481 e. The van der Waals surface area contributed by atoms with Crippen molar-refractivity contribution in [2.45, 2.75) is 45.1 Å². The molecule has 2 amide bonds. The zero-order chi connectivity index (χ0) is 18.1. The van der Waals surface area contributed by atoms with E-state index in [-0.39, 0.29) is 11.8 Å². The van der Waals surface area contributed by atoms with E-state index in [1.54, 1.807) is 31.2 Å². The summed E-state index contributed by atoms with van der Waals surface area (Å²) in [5.41, 5.74) is 0.549. The summed E-state index contributed by atoms with van der Waals surface area (Å²) in [7, 11) is 0. The molecule has 0 saturated carbocycles. The lowest BCUT2D eigenvalue weighted by atomic mass is 10.2. The first-order valence-electron chi connectivity index (χ1n) is 8.82. The maximum atomic E-state index is 12.1. The molecule has 6 heteroatoms. The lowest BCUT2D eigenvalue weighted by Gasteiger charge is -2.20. The number of nitriles is 1. The molecule has 1 atom stereocenters. The predicted octanol–water partition coefficient (Wildman–Crippen LogP) is 2.23. The Morgan fingerprint density at radius 3 is 2.80 bits per heavy atom. The molecule has 134 valence electrons. The third kappa shape index (κ3) is 6.11. The van der Waals surface area contributed by atoms with Crippen LogP contribution >= 0.6 is 0 Å². The van der Waals surface area contributed by atoms with Crippen LogP contribution in [0.2, 0.25) is 0 Å². The minimum atomic E-state index is -0.618. The monoisotopic (exact) mass is 343 g/mol. The molecular formula is C19H25N3O3. The van der Waals surface area contributed by atoms with Crippen LogP contribution in [0.25, 0.3) is 0 Å². The first-order chi connectivity index (χ1) is 12.1. The van der Waals surface area contributed by atoms with E-state index in [0.29, 0.717) is 30.8 Å². The molecule has 1 saturated heterocycles. The maximum Gasteiger partial charge on any atom is 0.260 e. The van der Waals surface area contributed by atoms with Gasteiger partial charge in [0.05, 0.1) is 11.6 Å². The molecule has 1 heterocycles. The molecule has 1 aliphatic rings. The Labute approximate surface area is 148 Å². The van der Waals surface area contributed by atoms with Gasteiger partial charge in [-0.1, -0.05) is 6.42 Å². The molecule has 0 radical (unpaired) electrons. The van der Waals surface area contributed by atoms with Crippen molar-refractivity contribution in [1.29, 1.82) is 5.26 Å². The normalized spacial score (nSPS) is 15.8. The fraction of sp³-hybridized carbons (Fsp3) is 0.526. The average Bonchev–Trinajstić information content (AvgIpc) is 2.83. The number of ether oxygens (including phenoxy) is 1. The average molecular weight is 343 g/mol. The van der Waals surface area contributed by atoms with Crippen LogP contribution in [-0.4, -0.2) is 42.5 Å². The van der Waals surface area contributed by atoms with Crippen molar-refractivity contribution >= 4 is 11.8 Å². The van der Waals surface area contributed by atoms with Gasteiger partial charge in [-0.15, -0.1) is 0 Å². The molecule has 1 unspecified atom stereocenters. The second-order valence-electron chi connectivity index (χ2n) is 6.23. The second kappa shape index (κ2) is 9.67. The summed E-state index contributed by atoms with van der Waals surface area (Å²) >= 11 is 0. The van der Waals surface area contributed by atoms with Gasteiger partial charge in [0.1, 0.15) is 5.75 Å². The minimum absolute atomic E-state index is 0.188. The number of hydrogen-bond acceptors (Lipinski definition) is 4. The third-order valence-electron chi connectivity index (χ3n) is 4.24. The zero-order valence-electron chi connectivity index (χ0n) is 14.7. The number of likely N-dealkylation sites (tertiary alicyclic amines) is 1. The SMILES string of the molecule is CC(Oc1ccc(C#N)cc1)C(=O)NCCCN1CCCCCC1=O. The summed E-state index contributed by atoms with van der Waals surface area (Å²) in [6, 6.07) is 8.69. The fourth-order valence-electron chi connectivity index (χ4n) is 2.77. The van der Waals surface area contributed by atoms with Gasteiger partial charge in [0.15, 0.2) is 6.10 Å². The van der Waals surface area contributed by atoms with E-state index in [9.17, 15) is 9.59 Å². The van der Waals surface area contributed by atoms with Crippen LogP contribution in [-0.2, 0) is 9.59 Å². The van der Waals surface area contributed by atoms with Crippen LogP contribution in [0.5, 0.6) is 5.75 Å². The first kappa shape index (κ1) is 18.8. The summed E-state index contributed by atoms with van der Waals surface area (Å²) in [5.74, 6) is 0.588. The van der Waals surface area contributed by atoms with E-state index < -0.39 is 6.10 Å². The molecule has 0 spiro atoms. The molecule has 1 aliphatic heterocycles. The number of hydrogen-bond donors (Lipinski definition) is 1. The van der Waals surface area contributed by atoms with Gasteiger partial charge in [0.2, 0.25) is 5.91 Å². The molecule has 1 aromatic carbocycles. The van der Waals surface area contributed by atoms with Crippen LogP contribution < -0.4 is 10.1 Å². The Balaban J connectivity index is 1.68. The largest absolute Gasteiger partial charge is 0.481 e. The van der Waals surface area contributed by atoms with Gasteiger partial charge in [-0.3, -0.25) is 9.59 Å². The Morgan fingerprint density at radius 2 is 2.08 bits per heavy atom. The van der Waals surface area contributed by atoms with Gasteiger partial charge in [-0.2, -0.15) is 5.26 Å². The number of amides is 2. The molecular weight excluding hydrogens is 318 g/mol. The molecule has 2 rings (SSSR count). The zero-order valence-corrected chi connectivity index (χ0v) is 14.7. The number of carbonyl (C=O) groups is 2. The van der Waals surface area contributed by atoms with Crippen molar-refractivity contribution in [3.63, 3.8) is 0 Å². The Kier molecular flexibility index (Phi) is 7.27. The highest BCUT2D eigenvalue weighted by Crippen LogP contribution is 2.13. The van der Waals surface area contributed by atoms with E-state index in [1.807, 2.05) is 11.0 Å². The quantitative estimate of drug-likeness (QED) is 0.770. The molecule has 0 bridgehead atoms. The molecule has 0 aromatic heterocycles. The van der Waals surface area contributed by atoms with Gasteiger partial charge in [-0.05, 0) is 50.5 Å². The number of benzene rings is 1. The fourth-order valence-corrected chi connectivity index (χ4v) is 2.77. The number of rotatable bonds is 7. The number of carbonyl (C=O) groups excluding carboxylic acids is 2. The van der Waals surface area contributed by atoms with Gasteiger partial charge in [-0.25, -0.2) is 0 Å². The van der Waals surface area contributed by atoms with Gasteiger partial charge < -0.3 is 15.0 Å². The standard InChI is InChI=1S/C19H25N3O3/c1-15(25-17-9-7-16(14-20)8-10-17)19(24)21-11-5-13-22-12-4-2-3-6-18(22)23/h7-10,15H,2-6,11-13H2,1H3,(H,21,24). The second-order valence-corrected chi connectivity index (χ2v) is 6.23. The van der Waals surface area contributed by atoms with Gasteiger partial charge in [0.25, 0.3) is 5.91 Å². The molecule has 1 fully saturated rings. The van der Waals surface area contributed by atoms with Gasteiger partial charge in [0, 0.05) is 26.1 Å². The number of nitrogens with one attached hydrogen (secondary N) is 1. The predicted molar refractivity (Wildman–Crippen MR) is 93.9 cm³/mol. The molecule has 0 aliphatic carbocycles. The van der Waals surface area contributed by atoms with Crippen molar-refractivity contribution in [2.75, 3.05) is 19.6 Å². The Bertz CT molecular complexity index is 622. The molecule has 1 aromatic rings. The number of nitrogens with zero attached hydrogens (tertiary/aromatic N) is 2. The molecule has 1 N–H and O–H groups in total. The van der Waals surface area contributed by atoms with E-state index in [4.69, 9.17) is 10.00 Å². The topological polar surface area (TPSA) is 82.4 Å². The van der Waals surface area contributed by atoms with E-state index in [0.717, 1.165) is 32.2 Å². The van der Waals surface area contributed by atoms with Crippen LogP contribution in [0, 0.1) is 11.3 Å². The summed E-state index contributed by atoms with van der Waals surface area (Å²) in [6.07, 6.45) is 3.92. The Morgan fingerprint density at radius 1 is 1.32 bits per heavy atom. The van der Waals surface area contributed by atoms with Crippen molar-refractivity contribution in [1.82, 2.24) is 10.2 Å². The summed E-state index contributed by atoms with van der Waals surface area (Å²) < 4.78 is 5.57. The van der Waals surface area contributed by atoms with Crippen LogP contribution in [0.3, 0.4) is 0 Å². The van der Waals surface area contributed by atoms with Crippen LogP contribution in [0.4, 0.5) is 0 Å². The highest BCUT2D eigenvalue weighted by atomic mass is 16.5. The first-order valence-corrected chi connectivity index (χ1v) is 8.82. The van der Waals surface area contributed by atoms with Gasteiger partial charge >= 0.3 is 0 Å².